The molecule has 0 aromatic carbocycles. The Kier molecular flexibility index (Phi) is 15.2. The first-order chi connectivity index (χ1) is 9.38. The van der Waals surface area contributed by atoms with E-state index >= 15 is 0 Å². The molecule has 4 atom stereocenters. The molecule has 0 fully saturated rings. The minimum Gasteiger partial charge on any atom is -0.481 e. The molecule has 0 radical (unpaired) electrons. The van der Waals surface area contributed by atoms with Crippen molar-refractivity contribution in [1.82, 2.24) is 0 Å². The van der Waals surface area contributed by atoms with Crippen LogP contribution in [0.3, 0.4) is 0 Å². The van der Waals surface area contributed by atoms with E-state index in [1.54, 1.807) is 0 Å². The lowest BCUT2D eigenvalue weighted by molar-refractivity contribution is -0.164. The zero-order chi connectivity index (χ0) is 17.7. The zero-order valence-electron chi connectivity index (χ0n) is 11.3. The number of carboxylic acid groups (broad SMARTS) is 3. The molecule has 0 unspecified atom stereocenters. The summed E-state index contributed by atoms with van der Waals surface area (Å²) in [7, 11) is 0. The molecule has 0 heterocycles. The van der Waals surface area contributed by atoms with Crippen molar-refractivity contribution in [3.05, 3.63) is 0 Å². The molecular weight excluding hydrogens is 296 g/mol. The number of rotatable bonds is 5. The third kappa shape index (κ3) is 18.2. The summed E-state index contributed by atoms with van der Waals surface area (Å²) < 4.78 is 0. The molecule has 21 heavy (non-hydrogen) atoms. The number of hydrogen-bond donors (Lipinski definition) is 8. The van der Waals surface area contributed by atoms with E-state index in [4.69, 9.17) is 50.4 Å². The Hall–Kier alpha value is -1.79. The van der Waals surface area contributed by atoms with E-state index in [1.807, 2.05) is 0 Å². The lowest BCUT2D eigenvalue weighted by Gasteiger charge is -2.23. The van der Waals surface area contributed by atoms with Crippen molar-refractivity contribution in [1.29, 1.82) is 0 Å². The van der Waals surface area contributed by atoms with E-state index in [0.29, 0.717) is 0 Å². The molecule has 0 amide bonds. The van der Waals surface area contributed by atoms with Gasteiger partial charge in [-0.15, -0.1) is 0 Å². The van der Waals surface area contributed by atoms with Crippen LogP contribution >= 0.6 is 0 Å². The highest BCUT2D eigenvalue weighted by Crippen LogP contribution is 2.04. The first kappa shape index (κ1) is 24.2. The lowest BCUT2D eigenvalue weighted by atomic mass is 10.0. The van der Waals surface area contributed by atoms with Crippen molar-refractivity contribution in [2.24, 2.45) is 0 Å². The Morgan fingerprint density at radius 1 is 0.810 bits per heavy atom. The van der Waals surface area contributed by atoms with E-state index < -0.39 is 48.9 Å². The second-order valence-electron chi connectivity index (χ2n) is 3.55. The number of hydrogen-bond acceptors (Lipinski definition) is 8. The zero-order valence-corrected chi connectivity index (χ0v) is 11.3. The average molecular weight is 316 g/mol. The molecule has 126 valence electrons. The fourth-order valence-electron chi connectivity index (χ4n) is 0.668. The van der Waals surface area contributed by atoms with Crippen LogP contribution in [0.25, 0.3) is 0 Å². The molecule has 0 spiro atoms. The largest absolute Gasteiger partial charge is 0.481 e. The van der Waals surface area contributed by atoms with E-state index in [-0.39, 0.29) is 0 Å². The van der Waals surface area contributed by atoms with Crippen molar-refractivity contribution in [3.8, 4) is 0 Å². The van der Waals surface area contributed by atoms with Gasteiger partial charge in [0, 0.05) is 13.8 Å². The van der Waals surface area contributed by atoms with Gasteiger partial charge in [-0.2, -0.15) is 0 Å². The predicted molar refractivity (Wildman–Crippen MR) is 65.4 cm³/mol. The second kappa shape index (κ2) is 13.2. The minimum absolute atomic E-state index is 0.833. The molecule has 0 aromatic heterocycles. The Balaban J connectivity index is -0.000000334. The standard InChI is InChI=1S/C6H12O7.2C2H4O2/c7-1-2(8)3(9)4(10)5(11)6(12)13;2*1-2(3)4/h2-5,7-11H,1H2,(H,12,13);2*1H3,(H,3,4)/t2-,3-,4+,5-;;/m1../s1. The molecule has 0 bridgehead atoms. The van der Waals surface area contributed by atoms with Crippen molar-refractivity contribution in [3.63, 3.8) is 0 Å². The summed E-state index contributed by atoms with van der Waals surface area (Å²) in [6.07, 6.45) is -7.84. The van der Waals surface area contributed by atoms with Crippen LogP contribution in [-0.2, 0) is 14.4 Å². The van der Waals surface area contributed by atoms with Gasteiger partial charge in [0.05, 0.1) is 6.61 Å². The van der Waals surface area contributed by atoms with E-state index in [2.05, 4.69) is 0 Å². The van der Waals surface area contributed by atoms with Crippen LogP contribution in [0.1, 0.15) is 13.8 Å². The van der Waals surface area contributed by atoms with Gasteiger partial charge in [0.2, 0.25) is 0 Å². The molecule has 0 rings (SSSR count). The lowest BCUT2D eigenvalue weighted by Crippen LogP contribution is -2.48. The Morgan fingerprint density at radius 3 is 1.29 bits per heavy atom. The molecular formula is C10H20O11. The van der Waals surface area contributed by atoms with Crippen LogP contribution in [0.15, 0.2) is 0 Å². The molecule has 11 heteroatoms. The number of carboxylic acids is 3. The third-order valence-electron chi connectivity index (χ3n) is 1.51. The molecule has 0 aliphatic heterocycles. The fourth-order valence-corrected chi connectivity index (χ4v) is 0.668. The number of aliphatic hydroxyl groups is 5. The van der Waals surface area contributed by atoms with Gasteiger partial charge in [-0.1, -0.05) is 0 Å². The maximum absolute atomic E-state index is 10.1. The van der Waals surface area contributed by atoms with Gasteiger partial charge in [0.25, 0.3) is 11.9 Å². The first-order valence-corrected chi connectivity index (χ1v) is 5.33. The summed E-state index contributed by atoms with van der Waals surface area (Å²) in [6.45, 7) is 1.32. The summed E-state index contributed by atoms with van der Waals surface area (Å²) in [5, 5.41) is 66.6. The van der Waals surface area contributed by atoms with E-state index in [9.17, 15) is 4.79 Å². The fraction of sp³-hybridized carbons (Fsp3) is 0.700. The van der Waals surface area contributed by atoms with Crippen LogP contribution < -0.4 is 0 Å². The maximum atomic E-state index is 10.1. The van der Waals surface area contributed by atoms with Crippen LogP contribution in [0, 0.1) is 0 Å². The number of aliphatic carboxylic acids is 3. The molecule has 0 aliphatic rings. The highest BCUT2D eigenvalue weighted by molar-refractivity contribution is 5.72. The normalized spacial score (nSPS) is 15.0. The summed E-state index contributed by atoms with van der Waals surface area (Å²) in [5.74, 6) is -3.39. The minimum atomic E-state index is -2.20. The molecule has 0 saturated carbocycles. The van der Waals surface area contributed by atoms with Crippen LogP contribution in [0.4, 0.5) is 0 Å². The highest BCUT2D eigenvalue weighted by atomic mass is 16.4. The van der Waals surface area contributed by atoms with Gasteiger partial charge >= 0.3 is 5.97 Å². The van der Waals surface area contributed by atoms with Crippen molar-refractivity contribution in [2.45, 2.75) is 38.3 Å². The van der Waals surface area contributed by atoms with Gasteiger partial charge in [-0.05, 0) is 0 Å². The smallest absolute Gasteiger partial charge is 0.335 e. The summed E-state index contributed by atoms with van der Waals surface area (Å²) in [4.78, 5) is 28.1. The quantitative estimate of drug-likeness (QED) is 0.251. The Morgan fingerprint density at radius 2 is 1.10 bits per heavy atom. The van der Waals surface area contributed by atoms with Crippen molar-refractivity contribution < 1.29 is 55.2 Å². The van der Waals surface area contributed by atoms with Gasteiger partial charge in [0.1, 0.15) is 18.3 Å². The monoisotopic (exact) mass is 316 g/mol. The predicted octanol–water partition coefficient (Wildman–Crippen LogP) is -3.31. The molecule has 8 N–H and O–H groups in total. The molecule has 11 nitrogen and oxygen atoms in total. The summed E-state index contributed by atoms with van der Waals surface area (Å²) in [6, 6.07) is 0. The van der Waals surface area contributed by atoms with Crippen molar-refractivity contribution >= 4 is 17.9 Å². The number of aliphatic hydroxyl groups excluding tert-OH is 5. The molecule has 0 aromatic rings. The maximum Gasteiger partial charge on any atom is 0.335 e. The average Bonchev–Trinajstić information content (AvgIpc) is 2.33. The molecule has 0 aliphatic carbocycles. The van der Waals surface area contributed by atoms with Crippen LogP contribution in [0.2, 0.25) is 0 Å². The first-order valence-electron chi connectivity index (χ1n) is 5.33. The third-order valence-corrected chi connectivity index (χ3v) is 1.51. The summed E-state index contributed by atoms with van der Waals surface area (Å²) >= 11 is 0. The SMILES string of the molecule is CC(=O)O.CC(=O)O.O=C(O)[C@H](O)[C@@H](O)[C@H](O)[C@H](O)CO. The van der Waals surface area contributed by atoms with Crippen LogP contribution in [0.5, 0.6) is 0 Å². The van der Waals surface area contributed by atoms with Gasteiger partial charge < -0.3 is 40.9 Å². The van der Waals surface area contributed by atoms with Gasteiger partial charge in [-0.3, -0.25) is 9.59 Å². The topological polar surface area (TPSA) is 213 Å². The number of carbonyl (C=O) groups is 3. The Bertz CT molecular complexity index is 296. The summed E-state index contributed by atoms with van der Waals surface area (Å²) in [5.41, 5.74) is 0. The molecule has 0 saturated heterocycles. The van der Waals surface area contributed by atoms with E-state index in [0.717, 1.165) is 13.8 Å². The van der Waals surface area contributed by atoms with Crippen LogP contribution in [-0.4, -0.2) is 89.8 Å². The van der Waals surface area contributed by atoms with Gasteiger partial charge in [0.15, 0.2) is 6.10 Å². The van der Waals surface area contributed by atoms with E-state index in [1.165, 1.54) is 0 Å². The second-order valence-corrected chi connectivity index (χ2v) is 3.55. The highest BCUT2D eigenvalue weighted by Gasteiger charge is 2.33. The van der Waals surface area contributed by atoms with Crippen molar-refractivity contribution in [2.75, 3.05) is 6.61 Å². The Labute approximate surface area is 119 Å². The van der Waals surface area contributed by atoms with Gasteiger partial charge in [-0.25, -0.2) is 4.79 Å².